The number of hydrogen-bond acceptors (Lipinski definition) is 5. The van der Waals surface area contributed by atoms with Gasteiger partial charge in [-0.15, -0.1) is 16.4 Å². The Kier molecular flexibility index (Phi) is 7.32. The summed E-state index contributed by atoms with van der Waals surface area (Å²) < 4.78 is 3.10. The van der Waals surface area contributed by atoms with E-state index in [-0.39, 0.29) is 0 Å². The zero-order valence-corrected chi connectivity index (χ0v) is 20.3. The number of para-hydroxylation sites is 1. The summed E-state index contributed by atoms with van der Waals surface area (Å²) in [6.07, 6.45) is 1.65. The molecule has 0 spiro atoms. The largest absolute Gasteiger partial charge is 0.284 e. The molecule has 0 unspecified atom stereocenters. The van der Waals surface area contributed by atoms with Gasteiger partial charge in [0.25, 0.3) is 0 Å². The summed E-state index contributed by atoms with van der Waals surface area (Å²) in [6.45, 7) is 1.86. The summed E-state index contributed by atoms with van der Waals surface area (Å²) >= 11 is 11.1. The van der Waals surface area contributed by atoms with Crippen LogP contribution >= 0.6 is 38.9 Å². The molecule has 0 aliphatic carbocycles. The minimum Gasteiger partial charge on any atom is -0.284 e. The van der Waals surface area contributed by atoms with Crippen LogP contribution in [0.4, 0.5) is 5.69 Å². The van der Waals surface area contributed by atoms with Crippen LogP contribution in [-0.4, -0.2) is 16.5 Å². The van der Waals surface area contributed by atoms with Crippen molar-refractivity contribution in [3.63, 3.8) is 0 Å². The van der Waals surface area contributed by atoms with Crippen molar-refractivity contribution in [3.05, 3.63) is 98.5 Å². The van der Waals surface area contributed by atoms with Gasteiger partial charge in [0.2, 0.25) is 4.80 Å². The van der Waals surface area contributed by atoms with Crippen molar-refractivity contribution >= 4 is 56.5 Å². The molecular weight excluding hydrogens is 506 g/mol. The van der Waals surface area contributed by atoms with E-state index in [2.05, 4.69) is 58.7 Å². The Morgan fingerprint density at radius 3 is 2.44 bits per heavy atom. The Bertz CT molecular complexity index is 1310. The fraction of sp³-hybridized carbons (Fsp3) is 0.0417. The predicted molar refractivity (Wildman–Crippen MR) is 139 cm³/mol. The SMILES string of the molecule is CC(C=NNc1ccccc1)=NN=c1scc(-c2ccc(Br)cc2)n1-c1ccc(Cl)cc1. The summed E-state index contributed by atoms with van der Waals surface area (Å²) in [5.74, 6) is 0. The Labute approximate surface area is 203 Å². The number of thiazole rings is 1. The van der Waals surface area contributed by atoms with Gasteiger partial charge >= 0.3 is 0 Å². The number of rotatable bonds is 6. The van der Waals surface area contributed by atoms with Gasteiger partial charge in [0.15, 0.2) is 0 Å². The van der Waals surface area contributed by atoms with E-state index >= 15 is 0 Å². The smallest absolute Gasteiger partial charge is 0.215 e. The van der Waals surface area contributed by atoms with Crippen LogP contribution in [0.5, 0.6) is 0 Å². The molecule has 3 aromatic carbocycles. The van der Waals surface area contributed by atoms with Gasteiger partial charge in [0.1, 0.15) is 0 Å². The third-order valence-corrected chi connectivity index (χ3v) is 6.04. The van der Waals surface area contributed by atoms with Crippen molar-refractivity contribution < 1.29 is 0 Å². The van der Waals surface area contributed by atoms with E-state index in [1.165, 1.54) is 11.3 Å². The summed E-state index contributed by atoms with van der Waals surface area (Å²) in [6, 6.07) is 25.6. The standard InChI is InChI=1S/C24H19BrClN5S/c1-17(15-27-29-21-5-3-2-4-6-21)28-30-24-31(22-13-11-20(26)12-14-22)23(16-32-24)18-7-9-19(25)10-8-18/h2-16,29H,1H3. The van der Waals surface area contributed by atoms with E-state index in [4.69, 9.17) is 11.6 Å². The molecule has 8 heteroatoms. The molecule has 0 fully saturated rings. The van der Waals surface area contributed by atoms with Gasteiger partial charge in [-0.1, -0.05) is 57.9 Å². The molecule has 0 saturated carbocycles. The van der Waals surface area contributed by atoms with Crippen molar-refractivity contribution in [3.8, 4) is 16.9 Å². The van der Waals surface area contributed by atoms with Crippen LogP contribution in [0.15, 0.2) is 104 Å². The highest BCUT2D eigenvalue weighted by Crippen LogP contribution is 2.25. The molecule has 32 heavy (non-hydrogen) atoms. The molecule has 5 nitrogen and oxygen atoms in total. The van der Waals surface area contributed by atoms with Crippen LogP contribution in [0, 0.1) is 0 Å². The van der Waals surface area contributed by atoms with Gasteiger partial charge in [0, 0.05) is 20.6 Å². The number of hydrazone groups is 1. The Morgan fingerprint density at radius 2 is 1.72 bits per heavy atom. The van der Waals surface area contributed by atoms with Crippen LogP contribution in [0.25, 0.3) is 16.9 Å². The van der Waals surface area contributed by atoms with Crippen LogP contribution in [0.2, 0.25) is 5.02 Å². The molecule has 0 saturated heterocycles. The lowest BCUT2D eigenvalue weighted by Gasteiger charge is -2.09. The molecule has 4 rings (SSSR count). The minimum absolute atomic E-state index is 0.676. The first-order valence-corrected chi connectivity index (χ1v) is 11.8. The number of nitrogens with one attached hydrogen (secondary N) is 1. The average molecular weight is 525 g/mol. The van der Waals surface area contributed by atoms with E-state index in [0.717, 1.165) is 31.9 Å². The number of halogens is 2. The van der Waals surface area contributed by atoms with Crippen LogP contribution < -0.4 is 10.2 Å². The first kappa shape index (κ1) is 22.2. The zero-order valence-electron chi connectivity index (χ0n) is 17.1. The summed E-state index contributed by atoms with van der Waals surface area (Å²) in [7, 11) is 0. The second-order valence-electron chi connectivity index (χ2n) is 6.80. The number of hydrogen-bond donors (Lipinski definition) is 1. The highest BCUT2D eigenvalue weighted by molar-refractivity contribution is 9.10. The number of benzene rings is 3. The molecule has 0 bridgehead atoms. The molecule has 0 atom stereocenters. The van der Waals surface area contributed by atoms with Crippen molar-refractivity contribution in [1.29, 1.82) is 0 Å². The number of anilines is 1. The normalized spacial score (nSPS) is 12.5. The zero-order chi connectivity index (χ0) is 22.3. The molecule has 1 heterocycles. The van der Waals surface area contributed by atoms with E-state index in [1.807, 2.05) is 73.7 Å². The first-order chi connectivity index (χ1) is 15.6. The lowest BCUT2D eigenvalue weighted by Crippen LogP contribution is -2.13. The van der Waals surface area contributed by atoms with Gasteiger partial charge in [-0.3, -0.25) is 9.99 Å². The van der Waals surface area contributed by atoms with E-state index < -0.39 is 0 Å². The Hall–Kier alpha value is -3.00. The minimum atomic E-state index is 0.676. The van der Waals surface area contributed by atoms with Crippen molar-refractivity contribution in [2.24, 2.45) is 15.3 Å². The lowest BCUT2D eigenvalue weighted by atomic mass is 10.1. The third kappa shape index (κ3) is 5.62. The Balaban J connectivity index is 1.68. The maximum atomic E-state index is 6.10. The molecule has 1 aromatic heterocycles. The highest BCUT2D eigenvalue weighted by atomic mass is 79.9. The monoisotopic (exact) mass is 523 g/mol. The van der Waals surface area contributed by atoms with E-state index in [0.29, 0.717) is 10.7 Å². The maximum Gasteiger partial charge on any atom is 0.215 e. The second-order valence-corrected chi connectivity index (χ2v) is 8.99. The molecule has 1 N–H and O–H groups in total. The van der Waals surface area contributed by atoms with Gasteiger partial charge in [-0.2, -0.15) is 10.2 Å². The molecular formula is C24H19BrClN5S. The predicted octanol–water partition coefficient (Wildman–Crippen LogP) is 7.00. The fourth-order valence-corrected chi connectivity index (χ4v) is 4.15. The Morgan fingerprint density at radius 1 is 1.00 bits per heavy atom. The van der Waals surface area contributed by atoms with Crippen molar-refractivity contribution in [1.82, 2.24) is 4.57 Å². The quantitative estimate of drug-likeness (QED) is 0.214. The maximum absolute atomic E-state index is 6.10. The van der Waals surface area contributed by atoms with Gasteiger partial charge in [0.05, 0.1) is 23.3 Å². The molecule has 160 valence electrons. The van der Waals surface area contributed by atoms with Crippen LogP contribution in [0.3, 0.4) is 0 Å². The summed E-state index contributed by atoms with van der Waals surface area (Å²) in [5, 5.41) is 15.8. The second kappa shape index (κ2) is 10.5. The van der Waals surface area contributed by atoms with Crippen LogP contribution in [-0.2, 0) is 0 Å². The fourth-order valence-electron chi connectivity index (χ4n) is 2.90. The number of nitrogens with zero attached hydrogens (tertiary/aromatic N) is 4. The van der Waals surface area contributed by atoms with E-state index in [1.54, 1.807) is 6.21 Å². The van der Waals surface area contributed by atoms with Gasteiger partial charge in [-0.05, 0) is 61.0 Å². The molecule has 0 radical (unpaired) electrons. The van der Waals surface area contributed by atoms with E-state index in [9.17, 15) is 0 Å². The molecule has 0 aliphatic rings. The topological polar surface area (TPSA) is 54.0 Å². The highest BCUT2D eigenvalue weighted by Gasteiger charge is 2.10. The summed E-state index contributed by atoms with van der Waals surface area (Å²) in [5.41, 5.74) is 7.62. The molecule has 0 amide bonds. The van der Waals surface area contributed by atoms with Crippen molar-refractivity contribution in [2.45, 2.75) is 6.92 Å². The number of aromatic nitrogens is 1. The lowest BCUT2D eigenvalue weighted by molar-refractivity contribution is 0.971. The summed E-state index contributed by atoms with van der Waals surface area (Å²) in [4.78, 5) is 0.744. The third-order valence-electron chi connectivity index (χ3n) is 4.45. The van der Waals surface area contributed by atoms with Gasteiger partial charge in [-0.25, -0.2) is 0 Å². The average Bonchev–Trinajstić information content (AvgIpc) is 3.23. The van der Waals surface area contributed by atoms with Crippen LogP contribution in [0.1, 0.15) is 6.92 Å². The van der Waals surface area contributed by atoms with Crippen molar-refractivity contribution in [2.75, 3.05) is 5.43 Å². The molecule has 4 aromatic rings. The van der Waals surface area contributed by atoms with Gasteiger partial charge < -0.3 is 0 Å². The first-order valence-electron chi connectivity index (χ1n) is 9.75. The molecule has 0 aliphatic heterocycles.